The summed E-state index contributed by atoms with van der Waals surface area (Å²) >= 11 is 5.88. The van der Waals surface area contributed by atoms with Crippen LogP contribution < -0.4 is 15.0 Å². The van der Waals surface area contributed by atoms with Crippen molar-refractivity contribution in [1.29, 1.82) is 0 Å². The summed E-state index contributed by atoms with van der Waals surface area (Å²) < 4.78 is 5.43. The van der Waals surface area contributed by atoms with Crippen LogP contribution in [-0.2, 0) is 9.59 Å². The lowest BCUT2D eigenvalue weighted by Crippen LogP contribution is -2.26. The van der Waals surface area contributed by atoms with Crippen molar-refractivity contribution in [1.82, 2.24) is 0 Å². The summed E-state index contributed by atoms with van der Waals surface area (Å²) in [5.74, 6) is 0.307. The number of para-hydroxylation sites is 2. The van der Waals surface area contributed by atoms with Crippen molar-refractivity contribution in [2.75, 3.05) is 23.4 Å². The molecule has 0 unspecified atom stereocenters. The maximum Gasteiger partial charge on any atom is 0.262 e. The average molecular weight is 345 g/mol. The van der Waals surface area contributed by atoms with E-state index in [0.717, 1.165) is 12.1 Å². The van der Waals surface area contributed by atoms with Gasteiger partial charge in [-0.15, -0.1) is 0 Å². The lowest BCUT2D eigenvalue weighted by Gasteiger charge is -2.20. The van der Waals surface area contributed by atoms with Crippen molar-refractivity contribution in [2.24, 2.45) is 0 Å². The zero-order valence-corrected chi connectivity index (χ0v) is 13.8. The van der Waals surface area contributed by atoms with E-state index in [1.165, 1.54) is 0 Å². The molecule has 0 radical (unpaired) electrons. The van der Waals surface area contributed by atoms with Crippen molar-refractivity contribution in [3.05, 3.63) is 53.6 Å². The Labute approximate surface area is 145 Å². The Morgan fingerprint density at radius 1 is 1.21 bits per heavy atom. The second-order valence-corrected chi connectivity index (χ2v) is 5.90. The van der Waals surface area contributed by atoms with Crippen molar-refractivity contribution < 1.29 is 14.3 Å². The molecule has 1 saturated heterocycles. The van der Waals surface area contributed by atoms with Crippen molar-refractivity contribution in [2.45, 2.75) is 12.8 Å². The van der Waals surface area contributed by atoms with Crippen LogP contribution in [0.25, 0.3) is 0 Å². The molecule has 124 valence electrons. The molecule has 1 aliphatic heterocycles. The second-order valence-electron chi connectivity index (χ2n) is 5.46. The highest BCUT2D eigenvalue weighted by atomic mass is 35.5. The van der Waals surface area contributed by atoms with Crippen LogP contribution >= 0.6 is 11.6 Å². The first-order chi connectivity index (χ1) is 11.6. The Hall–Kier alpha value is -2.53. The Kier molecular flexibility index (Phi) is 5.01. The van der Waals surface area contributed by atoms with Gasteiger partial charge in [-0.3, -0.25) is 9.59 Å². The zero-order chi connectivity index (χ0) is 16.9. The van der Waals surface area contributed by atoms with Crippen LogP contribution in [0.5, 0.6) is 5.75 Å². The van der Waals surface area contributed by atoms with Crippen molar-refractivity contribution >= 4 is 34.8 Å². The molecule has 1 N–H and O–H groups in total. The summed E-state index contributed by atoms with van der Waals surface area (Å²) in [6.45, 7) is 0.535. The van der Waals surface area contributed by atoms with E-state index >= 15 is 0 Å². The molecule has 5 nitrogen and oxygen atoms in total. The summed E-state index contributed by atoms with van der Waals surface area (Å²) in [6.07, 6.45) is 1.37. The van der Waals surface area contributed by atoms with Gasteiger partial charge in [0.05, 0.1) is 11.4 Å². The van der Waals surface area contributed by atoms with Crippen molar-refractivity contribution in [3.8, 4) is 5.75 Å². The van der Waals surface area contributed by atoms with E-state index in [9.17, 15) is 9.59 Å². The Morgan fingerprint density at radius 3 is 2.79 bits per heavy atom. The number of hydrogen-bond acceptors (Lipinski definition) is 3. The molecule has 6 heteroatoms. The first-order valence-corrected chi connectivity index (χ1v) is 8.09. The normalized spacial score (nSPS) is 13.9. The highest BCUT2D eigenvalue weighted by Gasteiger charge is 2.24. The predicted octanol–water partition coefficient (Wildman–Crippen LogP) is 3.48. The molecule has 2 aromatic rings. The van der Waals surface area contributed by atoms with E-state index < -0.39 is 0 Å². The van der Waals surface area contributed by atoms with Gasteiger partial charge in [0.2, 0.25) is 5.91 Å². The summed E-state index contributed by atoms with van der Waals surface area (Å²) in [5.41, 5.74) is 1.32. The Bertz CT molecular complexity index is 763. The number of nitrogens with one attached hydrogen (secondary N) is 1. The smallest absolute Gasteiger partial charge is 0.262 e. The number of anilines is 2. The van der Waals surface area contributed by atoms with Crippen LogP contribution in [0.3, 0.4) is 0 Å². The van der Waals surface area contributed by atoms with Gasteiger partial charge in [-0.05, 0) is 36.8 Å². The molecule has 24 heavy (non-hydrogen) atoms. The van der Waals surface area contributed by atoms with Crippen LogP contribution in [0.1, 0.15) is 12.8 Å². The molecule has 1 aliphatic rings. The highest BCUT2D eigenvalue weighted by molar-refractivity contribution is 6.30. The first kappa shape index (κ1) is 16.3. The van der Waals surface area contributed by atoms with E-state index in [-0.39, 0.29) is 18.4 Å². The number of amides is 2. The standard InChI is InChI=1S/C18H17ClN2O3/c19-13-5-3-6-14(11-13)24-12-17(22)20-15-7-1-2-8-16(15)21-10-4-9-18(21)23/h1-3,5-8,11H,4,9-10,12H2,(H,20,22). The molecular weight excluding hydrogens is 328 g/mol. The molecular formula is C18H17ClN2O3. The number of ether oxygens (including phenoxy) is 1. The number of carbonyl (C=O) groups excluding carboxylic acids is 2. The minimum atomic E-state index is -0.297. The third-order valence-corrected chi connectivity index (χ3v) is 3.94. The fraction of sp³-hybridized carbons (Fsp3) is 0.222. The van der Waals surface area contributed by atoms with E-state index in [1.54, 1.807) is 35.2 Å². The fourth-order valence-corrected chi connectivity index (χ4v) is 2.79. The topological polar surface area (TPSA) is 58.6 Å². The van der Waals surface area contributed by atoms with Gasteiger partial charge in [0.25, 0.3) is 5.91 Å². The largest absolute Gasteiger partial charge is 0.484 e. The number of nitrogens with zero attached hydrogens (tertiary/aromatic N) is 1. The molecule has 0 atom stereocenters. The number of halogens is 1. The molecule has 2 amide bonds. The maximum absolute atomic E-state index is 12.1. The zero-order valence-electron chi connectivity index (χ0n) is 13.0. The summed E-state index contributed by atoms with van der Waals surface area (Å²) in [5, 5.41) is 3.35. The molecule has 3 rings (SSSR count). The molecule has 1 fully saturated rings. The van der Waals surface area contributed by atoms with Gasteiger partial charge in [0.1, 0.15) is 5.75 Å². The van der Waals surface area contributed by atoms with Gasteiger partial charge in [-0.25, -0.2) is 0 Å². The van der Waals surface area contributed by atoms with Gasteiger partial charge in [-0.2, -0.15) is 0 Å². The molecule has 2 aromatic carbocycles. The Balaban J connectivity index is 1.65. The first-order valence-electron chi connectivity index (χ1n) is 7.71. The fourth-order valence-electron chi connectivity index (χ4n) is 2.61. The van der Waals surface area contributed by atoms with Gasteiger partial charge in [0.15, 0.2) is 6.61 Å². The predicted molar refractivity (Wildman–Crippen MR) is 93.6 cm³/mol. The quantitative estimate of drug-likeness (QED) is 0.903. The number of hydrogen-bond donors (Lipinski definition) is 1. The average Bonchev–Trinajstić information content (AvgIpc) is 2.99. The molecule has 0 bridgehead atoms. The van der Waals surface area contributed by atoms with E-state index in [0.29, 0.717) is 29.4 Å². The lowest BCUT2D eigenvalue weighted by molar-refractivity contribution is -0.118. The molecule has 1 heterocycles. The number of carbonyl (C=O) groups is 2. The minimum absolute atomic E-state index is 0.0758. The lowest BCUT2D eigenvalue weighted by atomic mass is 10.2. The van der Waals surface area contributed by atoms with Crippen LogP contribution in [0.15, 0.2) is 48.5 Å². The number of benzene rings is 2. The van der Waals surface area contributed by atoms with Crippen LogP contribution in [0, 0.1) is 0 Å². The van der Waals surface area contributed by atoms with Crippen LogP contribution in [0.2, 0.25) is 5.02 Å². The highest BCUT2D eigenvalue weighted by Crippen LogP contribution is 2.29. The molecule has 0 aromatic heterocycles. The van der Waals surface area contributed by atoms with Gasteiger partial charge < -0.3 is 15.0 Å². The second kappa shape index (κ2) is 7.36. The summed E-state index contributed by atoms with van der Waals surface area (Å²) in [6, 6.07) is 14.1. The van der Waals surface area contributed by atoms with Gasteiger partial charge in [-0.1, -0.05) is 29.8 Å². The molecule has 0 spiro atoms. The van der Waals surface area contributed by atoms with E-state index in [2.05, 4.69) is 5.32 Å². The SMILES string of the molecule is O=C(COc1cccc(Cl)c1)Nc1ccccc1N1CCCC1=O. The van der Waals surface area contributed by atoms with Crippen molar-refractivity contribution in [3.63, 3.8) is 0 Å². The van der Waals surface area contributed by atoms with E-state index in [4.69, 9.17) is 16.3 Å². The molecule has 0 saturated carbocycles. The summed E-state index contributed by atoms with van der Waals surface area (Å²) in [7, 11) is 0. The van der Waals surface area contributed by atoms with Crippen LogP contribution in [-0.4, -0.2) is 25.0 Å². The third-order valence-electron chi connectivity index (χ3n) is 3.71. The third kappa shape index (κ3) is 3.86. The number of rotatable bonds is 5. The summed E-state index contributed by atoms with van der Waals surface area (Å²) in [4.78, 5) is 25.8. The monoisotopic (exact) mass is 344 g/mol. The minimum Gasteiger partial charge on any atom is -0.484 e. The van der Waals surface area contributed by atoms with Gasteiger partial charge >= 0.3 is 0 Å². The molecule has 0 aliphatic carbocycles. The van der Waals surface area contributed by atoms with Gasteiger partial charge in [0, 0.05) is 18.0 Å². The van der Waals surface area contributed by atoms with E-state index in [1.807, 2.05) is 18.2 Å². The maximum atomic E-state index is 12.1. The van der Waals surface area contributed by atoms with Crippen LogP contribution in [0.4, 0.5) is 11.4 Å². The Morgan fingerprint density at radius 2 is 2.04 bits per heavy atom.